The third-order valence-corrected chi connectivity index (χ3v) is 3.57. The summed E-state index contributed by atoms with van der Waals surface area (Å²) in [7, 11) is 0. The minimum absolute atomic E-state index is 0.0708. The van der Waals surface area contributed by atoms with Crippen molar-refractivity contribution in [3.63, 3.8) is 0 Å². The lowest BCUT2D eigenvalue weighted by Crippen LogP contribution is -2.11. The molecule has 0 saturated heterocycles. The van der Waals surface area contributed by atoms with E-state index in [0.29, 0.717) is 0 Å². The summed E-state index contributed by atoms with van der Waals surface area (Å²) in [6.45, 7) is 5.05. The molecule has 0 radical (unpaired) electrons. The van der Waals surface area contributed by atoms with E-state index < -0.39 is 0 Å². The van der Waals surface area contributed by atoms with Crippen LogP contribution in [0.5, 0.6) is 0 Å². The number of rotatable bonds is 6. The first kappa shape index (κ1) is 14.7. The Hall–Kier alpha value is -1.69. The molecule has 0 spiro atoms. The summed E-state index contributed by atoms with van der Waals surface area (Å²) in [6, 6.07) is 5.94. The zero-order chi connectivity index (χ0) is 14.4. The maximum atomic E-state index is 4.34. The van der Waals surface area contributed by atoms with E-state index in [-0.39, 0.29) is 6.04 Å². The van der Waals surface area contributed by atoms with Crippen LogP contribution >= 0.6 is 15.9 Å². The van der Waals surface area contributed by atoms with E-state index in [1.54, 1.807) is 12.5 Å². The largest absolute Gasteiger partial charge is 0.369 e. The monoisotopic (exact) mass is 335 g/mol. The molecule has 2 N–H and O–H groups in total. The van der Waals surface area contributed by atoms with Crippen LogP contribution in [0, 0.1) is 0 Å². The van der Waals surface area contributed by atoms with E-state index in [1.165, 1.54) is 0 Å². The highest BCUT2D eigenvalue weighted by Gasteiger charge is 2.12. The van der Waals surface area contributed by atoms with Gasteiger partial charge in [-0.1, -0.05) is 13.0 Å². The Morgan fingerprint density at radius 1 is 1.20 bits per heavy atom. The van der Waals surface area contributed by atoms with Gasteiger partial charge in [-0.25, -0.2) is 9.97 Å². The SMILES string of the molecule is CCCNc1ncnc(NC(C)c2ccccn2)c1Br. The van der Waals surface area contributed by atoms with Crippen LogP contribution < -0.4 is 10.6 Å². The van der Waals surface area contributed by atoms with E-state index in [4.69, 9.17) is 0 Å². The smallest absolute Gasteiger partial charge is 0.146 e. The Bertz CT molecular complexity index is 547. The zero-order valence-electron chi connectivity index (χ0n) is 11.6. The van der Waals surface area contributed by atoms with E-state index in [9.17, 15) is 0 Å². The van der Waals surface area contributed by atoms with Crippen molar-refractivity contribution in [1.29, 1.82) is 0 Å². The van der Waals surface area contributed by atoms with Crippen molar-refractivity contribution in [3.8, 4) is 0 Å². The molecule has 20 heavy (non-hydrogen) atoms. The average Bonchev–Trinajstić information content (AvgIpc) is 2.49. The summed E-state index contributed by atoms with van der Waals surface area (Å²) in [5.74, 6) is 1.56. The van der Waals surface area contributed by atoms with Gasteiger partial charge in [0.15, 0.2) is 0 Å². The Morgan fingerprint density at radius 2 is 2.00 bits per heavy atom. The van der Waals surface area contributed by atoms with E-state index in [1.807, 2.05) is 18.2 Å². The Balaban J connectivity index is 2.13. The highest BCUT2D eigenvalue weighted by molar-refractivity contribution is 9.10. The number of hydrogen-bond donors (Lipinski definition) is 2. The molecular formula is C14H18BrN5. The van der Waals surface area contributed by atoms with Gasteiger partial charge in [-0.15, -0.1) is 0 Å². The fraction of sp³-hybridized carbons (Fsp3) is 0.357. The minimum atomic E-state index is 0.0708. The molecule has 0 amide bonds. The van der Waals surface area contributed by atoms with Crippen molar-refractivity contribution in [2.45, 2.75) is 26.3 Å². The molecule has 2 aromatic heterocycles. The van der Waals surface area contributed by atoms with E-state index >= 15 is 0 Å². The highest BCUT2D eigenvalue weighted by atomic mass is 79.9. The molecule has 0 aliphatic carbocycles. The maximum Gasteiger partial charge on any atom is 0.146 e. The molecule has 1 atom stereocenters. The third-order valence-electron chi connectivity index (χ3n) is 2.82. The predicted molar refractivity (Wildman–Crippen MR) is 84.8 cm³/mol. The van der Waals surface area contributed by atoms with Crippen LogP contribution in [0.15, 0.2) is 35.2 Å². The first-order valence-corrected chi connectivity index (χ1v) is 7.43. The number of nitrogens with one attached hydrogen (secondary N) is 2. The third kappa shape index (κ3) is 3.66. The van der Waals surface area contributed by atoms with Crippen molar-refractivity contribution in [3.05, 3.63) is 40.9 Å². The topological polar surface area (TPSA) is 62.7 Å². The molecule has 2 heterocycles. The molecule has 0 fully saturated rings. The second kappa shape index (κ2) is 7.19. The van der Waals surface area contributed by atoms with Crippen LogP contribution in [0.25, 0.3) is 0 Å². The fourth-order valence-electron chi connectivity index (χ4n) is 1.75. The summed E-state index contributed by atoms with van der Waals surface area (Å²) in [4.78, 5) is 12.8. The first-order valence-electron chi connectivity index (χ1n) is 6.64. The van der Waals surface area contributed by atoms with Gasteiger partial charge in [-0.05, 0) is 41.4 Å². The summed E-state index contributed by atoms with van der Waals surface area (Å²) in [6.07, 6.45) is 4.39. The first-order chi connectivity index (χ1) is 9.72. The zero-order valence-corrected chi connectivity index (χ0v) is 13.2. The van der Waals surface area contributed by atoms with Crippen molar-refractivity contribution in [1.82, 2.24) is 15.0 Å². The maximum absolute atomic E-state index is 4.34. The summed E-state index contributed by atoms with van der Waals surface area (Å²) in [5, 5.41) is 6.61. The molecule has 2 aromatic rings. The highest BCUT2D eigenvalue weighted by Crippen LogP contribution is 2.28. The van der Waals surface area contributed by atoms with Gasteiger partial charge >= 0.3 is 0 Å². The van der Waals surface area contributed by atoms with Crippen LogP contribution in [0.1, 0.15) is 32.0 Å². The molecule has 6 heteroatoms. The van der Waals surface area contributed by atoms with Crippen LogP contribution in [-0.4, -0.2) is 21.5 Å². The van der Waals surface area contributed by atoms with Crippen molar-refractivity contribution < 1.29 is 0 Å². The standard InChI is InChI=1S/C14H18BrN5/c1-3-7-17-13-12(15)14(19-9-18-13)20-10(2)11-6-4-5-8-16-11/h4-6,8-10H,3,7H2,1-2H3,(H2,17,18,19,20). The second-order valence-electron chi connectivity index (χ2n) is 4.43. The number of aromatic nitrogens is 3. The van der Waals surface area contributed by atoms with Gasteiger partial charge in [0, 0.05) is 12.7 Å². The quantitative estimate of drug-likeness (QED) is 0.843. The molecule has 0 aliphatic heterocycles. The number of pyridine rings is 1. The van der Waals surface area contributed by atoms with Gasteiger partial charge in [-0.3, -0.25) is 4.98 Å². The molecular weight excluding hydrogens is 318 g/mol. The molecule has 0 aliphatic rings. The normalized spacial score (nSPS) is 11.9. The Morgan fingerprint density at radius 3 is 2.70 bits per heavy atom. The van der Waals surface area contributed by atoms with E-state index in [0.717, 1.165) is 34.8 Å². The molecule has 5 nitrogen and oxygen atoms in total. The molecule has 1 unspecified atom stereocenters. The summed E-state index contributed by atoms with van der Waals surface area (Å²) < 4.78 is 0.844. The Labute approximate surface area is 127 Å². The number of anilines is 2. The lowest BCUT2D eigenvalue weighted by atomic mass is 10.2. The summed E-state index contributed by atoms with van der Waals surface area (Å²) in [5.41, 5.74) is 0.973. The minimum Gasteiger partial charge on any atom is -0.369 e. The van der Waals surface area contributed by atoms with Crippen LogP contribution in [0.3, 0.4) is 0 Å². The average molecular weight is 336 g/mol. The number of hydrogen-bond acceptors (Lipinski definition) is 5. The second-order valence-corrected chi connectivity index (χ2v) is 5.23. The van der Waals surface area contributed by atoms with Gasteiger partial charge in [-0.2, -0.15) is 0 Å². The molecule has 106 valence electrons. The van der Waals surface area contributed by atoms with E-state index in [2.05, 4.69) is 55.4 Å². The van der Waals surface area contributed by atoms with Gasteiger partial charge in [0.1, 0.15) is 22.4 Å². The van der Waals surface area contributed by atoms with Crippen LogP contribution in [0.2, 0.25) is 0 Å². The van der Waals surface area contributed by atoms with Gasteiger partial charge in [0.25, 0.3) is 0 Å². The number of halogens is 1. The fourth-order valence-corrected chi connectivity index (χ4v) is 2.21. The van der Waals surface area contributed by atoms with Crippen molar-refractivity contribution in [2.75, 3.05) is 17.2 Å². The van der Waals surface area contributed by atoms with Crippen LogP contribution in [-0.2, 0) is 0 Å². The Kier molecular flexibility index (Phi) is 5.29. The van der Waals surface area contributed by atoms with Crippen molar-refractivity contribution >= 4 is 27.6 Å². The lowest BCUT2D eigenvalue weighted by molar-refractivity contribution is 0.828. The molecule has 2 rings (SSSR count). The van der Waals surface area contributed by atoms with Gasteiger partial charge in [0.2, 0.25) is 0 Å². The molecule has 0 bridgehead atoms. The summed E-state index contributed by atoms with van der Waals surface area (Å²) >= 11 is 3.54. The van der Waals surface area contributed by atoms with Crippen molar-refractivity contribution in [2.24, 2.45) is 0 Å². The van der Waals surface area contributed by atoms with Crippen LogP contribution in [0.4, 0.5) is 11.6 Å². The lowest BCUT2D eigenvalue weighted by Gasteiger charge is -2.16. The molecule has 0 aromatic carbocycles. The van der Waals surface area contributed by atoms with Gasteiger partial charge in [0.05, 0.1) is 11.7 Å². The predicted octanol–water partition coefficient (Wildman–Crippen LogP) is 3.63. The molecule has 0 saturated carbocycles. The van der Waals surface area contributed by atoms with Gasteiger partial charge < -0.3 is 10.6 Å². The number of nitrogens with zero attached hydrogens (tertiary/aromatic N) is 3.